The molecule has 1 unspecified atom stereocenters. The van der Waals surface area contributed by atoms with Gasteiger partial charge >= 0.3 is 0 Å². The second-order valence-electron chi connectivity index (χ2n) is 5.28. The van der Waals surface area contributed by atoms with E-state index in [0.717, 1.165) is 5.56 Å². The maximum absolute atomic E-state index is 13.7. The van der Waals surface area contributed by atoms with Gasteiger partial charge in [0, 0.05) is 19.1 Å². The minimum absolute atomic E-state index is 0.189. The molecule has 0 aromatic heterocycles. The van der Waals surface area contributed by atoms with Crippen LogP contribution in [0.15, 0.2) is 48.5 Å². The Labute approximate surface area is 122 Å². The fraction of sp³-hybridized carbons (Fsp3) is 0.294. The van der Waals surface area contributed by atoms with E-state index in [2.05, 4.69) is 0 Å². The van der Waals surface area contributed by atoms with E-state index in [1.54, 1.807) is 6.07 Å². The van der Waals surface area contributed by atoms with Crippen LogP contribution in [0.3, 0.4) is 0 Å². The molecule has 1 aliphatic heterocycles. The van der Waals surface area contributed by atoms with Gasteiger partial charge in [-0.05, 0) is 23.3 Å². The molecule has 3 nitrogen and oxygen atoms in total. The quantitative estimate of drug-likeness (QED) is 0.940. The first-order valence-corrected chi connectivity index (χ1v) is 6.94. The van der Waals surface area contributed by atoms with Crippen molar-refractivity contribution in [2.75, 3.05) is 13.2 Å². The summed E-state index contributed by atoms with van der Waals surface area (Å²) in [6, 6.07) is 14.0. The Morgan fingerprint density at radius 2 is 2.00 bits per heavy atom. The standard InChI is InChI=1S/C17H17FO3/c18-15-8-14(17(19)6-7-20-12-17)9-16(10-15)21-11-13-4-2-1-3-5-13/h1-5,8-10,19H,6-7,11-12H2. The van der Waals surface area contributed by atoms with Gasteiger partial charge in [0.1, 0.15) is 23.8 Å². The van der Waals surface area contributed by atoms with Crippen molar-refractivity contribution >= 4 is 0 Å². The van der Waals surface area contributed by atoms with Gasteiger partial charge in [0.25, 0.3) is 0 Å². The SMILES string of the molecule is OC1(c2cc(F)cc(OCc3ccccc3)c2)CCOC1. The van der Waals surface area contributed by atoms with Crippen molar-refractivity contribution < 1.29 is 19.0 Å². The highest BCUT2D eigenvalue weighted by molar-refractivity contribution is 5.34. The van der Waals surface area contributed by atoms with Crippen molar-refractivity contribution in [2.45, 2.75) is 18.6 Å². The summed E-state index contributed by atoms with van der Waals surface area (Å²) in [5, 5.41) is 10.4. The lowest BCUT2D eigenvalue weighted by molar-refractivity contribution is 0.0227. The van der Waals surface area contributed by atoms with E-state index in [4.69, 9.17) is 9.47 Å². The Morgan fingerprint density at radius 1 is 1.19 bits per heavy atom. The molecule has 0 radical (unpaired) electrons. The monoisotopic (exact) mass is 288 g/mol. The zero-order valence-electron chi connectivity index (χ0n) is 11.6. The minimum Gasteiger partial charge on any atom is -0.489 e. The molecule has 1 N–H and O–H groups in total. The lowest BCUT2D eigenvalue weighted by Crippen LogP contribution is -2.25. The third-order valence-electron chi connectivity index (χ3n) is 3.66. The van der Waals surface area contributed by atoms with Crippen LogP contribution >= 0.6 is 0 Å². The summed E-state index contributed by atoms with van der Waals surface area (Å²) >= 11 is 0. The van der Waals surface area contributed by atoms with Gasteiger partial charge in [0.05, 0.1) is 6.61 Å². The predicted molar refractivity (Wildman–Crippen MR) is 76.5 cm³/mol. The summed E-state index contributed by atoms with van der Waals surface area (Å²) in [6.45, 7) is 1.03. The molecule has 1 heterocycles. The van der Waals surface area contributed by atoms with Gasteiger partial charge in [-0.3, -0.25) is 0 Å². The van der Waals surface area contributed by atoms with Crippen LogP contribution in [0.25, 0.3) is 0 Å². The van der Waals surface area contributed by atoms with E-state index in [0.29, 0.717) is 30.9 Å². The Bertz CT molecular complexity index is 607. The largest absolute Gasteiger partial charge is 0.489 e. The van der Waals surface area contributed by atoms with Crippen LogP contribution in [-0.4, -0.2) is 18.3 Å². The molecule has 2 aromatic rings. The molecular weight excluding hydrogens is 271 g/mol. The maximum atomic E-state index is 13.7. The van der Waals surface area contributed by atoms with Crippen LogP contribution in [0.5, 0.6) is 5.75 Å². The van der Waals surface area contributed by atoms with Crippen LogP contribution in [0.4, 0.5) is 4.39 Å². The fourth-order valence-electron chi connectivity index (χ4n) is 2.44. The minimum atomic E-state index is -1.12. The normalized spacial score (nSPS) is 21.4. The van der Waals surface area contributed by atoms with Crippen LogP contribution in [-0.2, 0) is 16.9 Å². The van der Waals surface area contributed by atoms with Crippen molar-refractivity contribution in [3.05, 3.63) is 65.5 Å². The first kappa shape index (κ1) is 14.0. The maximum Gasteiger partial charge on any atom is 0.127 e. The fourth-order valence-corrected chi connectivity index (χ4v) is 2.44. The smallest absolute Gasteiger partial charge is 0.127 e. The lowest BCUT2D eigenvalue weighted by atomic mass is 9.93. The average molecular weight is 288 g/mol. The topological polar surface area (TPSA) is 38.7 Å². The van der Waals surface area contributed by atoms with Crippen molar-refractivity contribution in [1.82, 2.24) is 0 Å². The first-order chi connectivity index (χ1) is 10.2. The first-order valence-electron chi connectivity index (χ1n) is 6.94. The van der Waals surface area contributed by atoms with Gasteiger partial charge in [0.15, 0.2) is 0 Å². The molecule has 21 heavy (non-hydrogen) atoms. The van der Waals surface area contributed by atoms with Crippen LogP contribution in [0, 0.1) is 5.82 Å². The highest BCUT2D eigenvalue weighted by Crippen LogP contribution is 2.33. The molecule has 0 amide bonds. The predicted octanol–water partition coefficient (Wildman–Crippen LogP) is 3.01. The molecule has 3 rings (SSSR count). The number of hydrogen-bond acceptors (Lipinski definition) is 3. The van der Waals surface area contributed by atoms with Crippen LogP contribution in [0.1, 0.15) is 17.5 Å². The third-order valence-corrected chi connectivity index (χ3v) is 3.66. The summed E-state index contributed by atoms with van der Waals surface area (Å²) in [7, 11) is 0. The van der Waals surface area contributed by atoms with Crippen molar-refractivity contribution in [3.63, 3.8) is 0 Å². The average Bonchev–Trinajstić information content (AvgIpc) is 2.94. The number of ether oxygens (including phenoxy) is 2. The highest BCUT2D eigenvalue weighted by Gasteiger charge is 2.34. The number of hydrogen-bond donors (Lipinski definition) is 1. The van der Waals surface area contributed by atoms with Gasteiger partial charge in [-0.15, -0.1) is 0 Å². The van der Waals surface area contributed by atoms with E-state index in [1.165, 1.54) is 12.1 Å². The molecule has 110 valence electrons. The summed E-state index contributed by atoms with van der Waals surface area (Å²) in [6.07, 6.45) is 0.467. The molecule has 1 saturated heterocycles. The Morgan fingerprint density at radius 3 is 2.71 bits per heavy atom. The van der Waals surface area contributed by atoms with Crippen molar-refractivity contribution in [3.8, 4) is 5.75 Å². The van der Waals surface area contributed by atoms with E-state index < -0.39 is 11.4 Å². The van der Waals surface area contributed by atoms with E-state index in [9.17, 15) is 9.50 Å². The van der Waals surface area contributed by atoms with Crippen molar-refractivity contribution in [2.24, 2.45) is 0 Å². The molecule has 1 fully saturated rings. The highest BCUT2D eigenvalue weighted by atomic mass is 19.1. The van der Waals surface area contributed by atoms with Gasteiger partial charge in [-0.25, -0.2) is 4.39 Å². The molecule has 0 spiro atoms. The van der Waals surface area contributed by atoms with Gasteiger partial charge in [-0.1, -0.05) is 30.3 Å². The molecule has 2 aromatic carbocycles. The summed E-state index contributed by atoms with van der Waals surface area (Å²) in [5.74, 6) is -0.00920. The lowest BCUT2D eigenvalue weighted by Gasteiger charge is -2.21. The molecular formula is C17H17FO3. The second-order valence-corrected chi connectivity index (χ2v) is 5.28. The van der Waals surface area contributed by atoms with E-state index in [-0.39, 0.29) is 6.61 Å². The molecule has 0 saturated carbocycles. The molecule has 4 heteroatoms. The van der Waals surface area contributed by atoms with E-state index in [1.807, 2.05) is 30.3 Å². The molecule has 1 atom stereocenters. The Kier molecular flexibility index (Phi) is 3.90. The van der Waals surface area contributed by atoms with Crippen LogP contribution < -0.4 is 4.74 Å². The molecule has 0 aliphatic carbocycles. The van der Waals surface area contributed by atoms with Gasteiger partial charge < -0.3 is 14.6 Å². The zero-order valence-corrected chi connectivity index (χ0v) is 11.6. The number of benzene rings is 2. The zero-order chi connectivity index (χ0) is 14.7. The molecule has 0 bridgehead atoms. The number of rotatable bonds is 4. The van der Waals surface area contributed by atoms with E-state index >= 15 is 0 Å². The van der Waals surface area contributed by atoms with Gasteiger partial charge in [0.2, 0.25) is 0 Å². The summed E-state index contributed by atoms with van der Waals surface area (Å²) in [5.41, 5.74) is 0.390. The van der Waals surface area contributed by atoms with Gasteiger partial charge in [-0.2, -0.15) is 0 Å². The summed E-state index contributed by atoms with van der Waals surface area (Å²) < 4.78 is 24.6. The number of aliphatic hydroxyl groups is 1. The third kappa shape index (κ3) is 3.23. The number of halogens is 1. The Hall–Kier alpha value is -1.91. The van der Waals surface area contributed by atoms with Crippen LogP contribution in [0.2, 0.25) is 0 Å². The second kappa shape index (κ2) is 5.84. The Balaban J connectivity index is 1.78. The molecule has 1 aliphatic rings. The summed E-state index contributed by atoms with van der Waals surface area (Å²) in [4.78, 5) is 0. The van der Waals surface area contributed by atoms with Crippen molar-refractivity contribution in [1.29, 1.82) is 0 Å².